The van der Waals surface area contributed by atoms with Crippen molar-refractivity contribution < 1.29 is 0 Å². The summed E-state index contributed by atoms with van der Waals surface area (Å²) in [5, 5.41) is 3.76. The van der Waals surface area contributed by atoms with Crippen LogP contribution in [-0.2, 0) is 6.54 Å². The Balaban J connectivity index is 2.13. The van der Waals surface area contributed by atoms with E-state index in [2.05, 4.69) is 54.8 Å². The lowest BCUT2D eigenvalue weighted by Gasteiger charge is -2.47. The van der Waals surface area contributed by atoms with Gasteiger partial charge < -0.3 is 5.32 Å². The lowest BCUT2D eigenvalue weighted by atomic mass is 9.82. The Hall–Kier alpha value is -1.00. The van der Waals surface area contributed by atoms with Crippen LogP contribution in [0.4, 0.5) is 0 Å². The minimum Gasteiger partial charge on any atom is -0.311 e. The van der Waals surface area contributed by atoms with E-state index >= 15 is 0 Å². The molecule has 0 aliphatic carbocycles. The smallest absolute Gasteiger partial charge is 0.142 e. The first-order valence-electron chi connectivity index (χ1n) is 8.15. The largest absolute Gasteiger partial charge is 0.311 e. The third-order valence-corrected chi connectivity index (χ3v) is 4.74. The van der Waals surface area contributed by atoms with Gasteiger partial charge in [-0.2, -0.15) is 0 Å². The number of hydrogen-bond donors (Lipinski definition) is 1. The summed E-state index contributed by atoms with van der Waals surface area (Å²) in [4.78, 5) is 11.4. The van der Waals surface area contributed by atoms with Crippen LogP contribution < -0.4 is 5.32 Å². The Morgan fingerprint density at radius 1 is 1.33 bits per heavy atom. The number of aromatic nitrogens is 2. The predicted molar refractivity (Wildman–Crippen MR) is 86.9 cm³/mol. The molecule has 0 saturated carbocycles. The van der Waals surface area contributed by atoms with E-state index in [0.29, 0.717) is 18.0 Å². The molecule has 1 N–H and O–H groups in total. The first-order valence-corrected chi connectivity index (χ1v) is 8.15. The Kier molecular flexibility index (Phi) is 5.33. The topological polar surface area (TPSA) is 41.1 Å². The van der Waals surface area contributed by atoms with E-state index in [1.54, 1.807) is 0 Å². The van der Waals surface area contributed by atoms with Crippen molar-refractivity contribution in [2.75, 3.05) is 13.1 Å². The van der Waals surface area contributed by atoms with Crippen molar-refractivity contribution in [3.63, 3.8) is 0 Å². The van der Waals surface area contributed by atoms with E-state index < -0.39 is 0 Å². The standard InChI is InChI=1S/C17H30N4/c1-6-13(2)14-11-21(12-16-18-8-7-9-19-16)15(10-20-14)17(3,4)5/h7-9,13-15,20H,6,10-12H2,1-5H3. The SMILES string of the molecule is CCC(C)C1CN(Cc2ncccn2)C(C(C)(C)C)CN1. The van der Waals surface area contributed by atoms with Gasteiger partial charge in [0.2, 0.25) is 0 Å². The predicted octanol–water partition coefficient (Wildman–Crippen LogP) is 2.71. The fourth-order valence-electron chi connectivity index (χ4n) is 3.12. The average molecular weight is 290 g/mol. The molecule has 3 unspecified atom stereocenters. The van der Waals surface area contributed by atoms with Gasteiger partial charge in [-0.1, -0.05) is 41.0 Å². The molecule has 0 spiro atoms. The van der Waals surface area contributed by atoms with Gasteiger partial charge in [0.15, 0.2) is 0 Å². The van der Waals surface area contributed by atoms with Gasteiger partial charge in [0, 0.05) is 37.6 Å². The monoisotopic (exact) mass is 290 g/mol. The van der Waals surface area contributed by atoms with Crippen molar-refractivity contribution in [1.82, 2.24) is 20.2 Å². The van der Waals surface area contributed by atoms with Gasteiger partial charge in [-0.3, -0.25) is 4.90 Å². The van der Waals surface area contributed by atoms with Crippen LogP contribution in [0.1, 0.15) is 46.9 Å². The molecule has 4 nitrogen and oxygen atoms in total. The van der Waals surface area contributed by atoms with Crippen LogP contribution in [0.3, 0.4) is 0 Å². The van der Waals surface area contributed by atoms with Crippen molar-refractivity contribution in [3.8, 4) is 0 Å². The molecule has 0 aromatic carbocycles. The summed E-state index contributed by atoms with van der Waals surface area (Å²) < 4.78 is 0. The Morgan fingerprint density at radius 3 is 2.57 bits per heavy atom. The number of piperazine rings is 1. The van der Waals surface area contributed by atoms with Gasteiger partial charge in [0.05, 0.1) is 6.54 Å². The van der Waals surface area contributed by atoms with Crippen molar-refractivity contribution in [1.29, 1.82) is 0 Å². The quantitative estimate of drug-likeness (QED) is 0.925. The van der Waals surface area contributed by atoms with E-state index in [1.807, 2.05) is 18.5 Å². The Bertz CT molecular complexity index is 426. The fourth-order valence-corrected chi connectivity index (χ4v) is 3.12. The highest BCUT2D eigenvalue weighted by atomic mass is 15.3. The summed E-state index contributed by atoms with van der Waals surface area (Å²) >= 11 is 0. The van der Waals surface area contributed by atoms with Gasteiger partial charge in [-0.25, -0.2) is 9.97 Å². The summed E-state index contributed by atoms with van der Waals surface area (Å²) in [6.07, 6.45) is 4.89. The van der Waals surface area contributed by atoms with Crippen LogP contribution in [0, 0.1) is 11.3 Å². The maximum Gasteiger partial charge on any atom is 0.142 e. The number of hydrogen-bond acceptors (Lipinski definition) is 4. The van der Waals surface area contributed by atoms with E-state index in [-0.39, 0.29) is 5.41 Å². The molecule has 1 aromatic rings. The van der Waals surface area contributed by atoms with Crippen molar-refractivity contribution in [2.24, 2.45) is 11.3 Å². The molecule has 118 valence electrons. The minimum atomic E-state index is 0.252. The highest BCUT2D eigenvalue weighted by Crippen LogP contribution is 2.28. The molecule has 21 heavy (non-hydrogen) atoms. The maximum absolute atomic E-state index is 4.41. The van der Waals surface area contributed by atoms with Crippen molar-refractivity contribution in [3.05, 3.63) is 24.3 Å². The summed E-state index contributed by atoms with van der Waals surface area (Å²) in [5.74, 6) is 1.63. The van der Waals surface area contributed by atoms with Crippen LogP contribution in [0.15, 0.2) is 18.5 Å². The summed E-state index contributed by atoms with van der Waals surface area (Å²) in [5.41, 5.74) is 0.252. The van der Waals surface area contributed by atoms with Crippen LogP contribution in [0.25, 0.3) is 0 Å². The van der Waals surface area contributed by atoms with E-state index in [1.165, 1.54) is 6.42 Å². The molecule has 2 rings (SSSR count). The molecule has 1 aromatic heterocycles. The molecule has 4 heteroatoms. The third-order valence-electron chi connectivity index (χ3n) is 4.74. The second-order valence-corrected chi connectivity index (χ2v) is 7.38. The number of nitrogens with zero attached hydrogens (tertiary/aromatic N) is 3. The Morgan fingerprint density at radius 2 is 2.00 bits per heavy atom. The normalized spacial score (nSPS) is 25.8. The molecule has 1 aliphatic heterocycles. The zero-order valence-corrected chi connectivity index (χ0v) is 14.1. The molecule has 1 fully saturated rings. The molecule has 1 aliphatic rings. The Labute approximate surface area is 129 Å². The molecular formula is C17H30N4. The van der Waals surface area contributed by atoms with E-state index in [9.17, 15) is 0 Å². The lowest BCUT2D eigenvalue weighted by Crippen LogP contribution is -2.61. The zero-order chi connectivity index (χ0) is 15.5. The van der Waals surface area contributed by atoms with Crippen molar-refractivity contribution in [2.45, 2.75) is 59.7 Å². The molecule has 0 bridgehead atoms. The van der Waals surface area contributed by atoms with E-state index in [0.717, 1.165) is 25.5 Å². The number of rotatable bonds is 4. The van der Waals surface area contributed by atoms with E-state index in [4.69, 9.17) is 0 Å². The summed E-state index contributed by atoms with van der Waals surface area (Å²) in [6.45, 7) is 14.5. The van der Waals surface area contributed by atoms with Crippen molar-refractivity contribution >= 4 is 0 Å². The van der Waals surface area contributed by atoms with Crippen LogP contribution in [-0.4, -0.2) is 40.0 Å². The first kappa shape index (κ1) is 16.4. The second kappa shape index (κ2) is 6.84. The average Bonchev–Trinajstić information content (AvgIpc) is 2.46. The molecule has 1 saturated heterocycles. The van der Waals surface area contributed by atoms with Crippen LogP contribution in [0.2, 0.25) is 0 Å². The molecule has 0 radical (unpaired) electrons. The van der Waals surface area contributed by atoms with Gasteiger partial charge >= 0.3 is 0 Å². The van der Waals surface area contributed by atoms with Crippen LogP contribution >= 0.6 is 0 Å². The highest BCUT2D eigenvalue weighted by Gasteiger charge is 2.36. The van der Waals surface area contributed by atoms with Gasteiger partial charge in [0.1, 0.15) is 5.82 Å². The summed E-state index contributed by atoms with van der Waals surface area (Å²) in [6, 6.07) is 2.96. The van der Waals surface area contributed by atoms with Gasteiger partial charge in [0.25, 0.3) is 0 Å². The molecular weight excluding hydrogens is 260 g/mol. The van der Waals surface area contributed by atoms with Gasteiger partial charge in [-0.05, 0) is 17.4 Å². The number of nitrogens with one attached hydrogen (secondary N) is 1. The lowest BCUT2D eigenvalue weighted by molar-refractivity contribution is 0.0360. The minimum absolute atomic E-state index is 0.252. The highest BCUT2D eigenvalue weighted by molar-refractivity contribution is 4.97. The molecule has 3 atom stereocenters. The fraction of sp³-hybridized carbons (Fsp3) is 0.765. The summed E-state index contributed by atoms with van der Waals surface area (Å²) in [7, 11) is 0. The molecule has 0 amide bonds. The maximum atomic E-state index is 4.41. The third kappa shape index (κ3) is 4.24. The molecule has 2 heterocycles. The van der Waals surface area contributed by atoms with Crippen LogP contribution in [0.5, 0.6) is 0 Å². The first-order chi connectivity index (χ1) is 9.91. The zero-order valence-electron chi connectivity index (χ0n) is 14.1. The van der Waals surface area contributed by atoms with Gasteiger partial charge in [-0.15, -0.1) is 0 Å². The second-order valence-electron chi connectivity index (χ2n) is 7.38.